The second kappa shape index (κ2) is 4.83. The summed E-state index contributed by atoms with van der Waals surface area (Å²) in [6.45, 7) is 3.25. The van der Waals surface area contributed by atoms with Crippen molar-refractivity contribution < 1.29 is 4.92 Å². The highest BCUT2D eigenvalue weighted by Gasteiger charge is 2.42. The van der Waals surface area contributed by atoms with E-state index in [1.165, 1.54) is 25.7 Å². The van der Waals surface area contributed by atoms with Crippen LogP contribution in [-0.4, -0.2) is 17.5 Å². The highest BCUT2D eigenvalue weighted by atomic mass is 16.6. The van der Waals surface area contributed by atoms with E-state index >= 15 is 0 Å². The summed E-state index contributed by atoms with van der Waals surface area (Å²) in [6, 6.07) is 7.69. The van der Waals surface area contributed by atoms with Crippen LogP contribution in [0.15, 0.2) is 24.3 Å². The molecular formula is C15H20N2O2. The lowest BCUT2D eigenvalue weighted by Crippen LogP contribution is -2.35. The fourth-order valence-electron chi connectivity index (χ4n) is 3.91. The van der Waals surface area contributed by atoms with Crippen molar-refractivity contribution in [1.29, 1.82) is 0 Å². The van der Waals surface area contributed by atoms with E-state index in [0.29, 0.717) is 17.9 Å². The Morgan fingerprint density at radius 2 is 2.00 bits per heavy atom. The van der Waals surface area contributed by atoms with Gasteiger partial charge in [0.1, 0.15) is 5.69 Å². The lowest BCUT2D eigenvalue weighted by Gasteiger charge is -2.33. The lowest BCUT2D eigenvalue weighted by molar-refractivity contribution is -0.384. The van der Waals surface area contributed by atoms with Gasteiger partial charge in [-0.1, -0.05) is 31.9 Å². The van der Waals surface area contributed by atoms with Crippen LogP contribution in [0.1, 0.15) is 32.6 Å². The molecule has 1 aliphatic carbocycles. The van der Waals surface area contributed by atoms with Gasteiger partial charge >= 0.3 is 0 Å². The number of nitro benzene ring substituents is 1. The first-order chi connectivity index (χ1) is 9.18. The molecule has 2 aliphatic rings. The van der Waals surface area contributed by atoms with Crippen LogP contribution in [0.2, 0.25) is 0 Å². The fraction of sp³-hybridized carbons (Fsp3) is 0.600. The molecule has 4 heteroatoms. The topological polar surface area (TPSA) is 46.4 Å². The summed E-state index contributed by atoms with van der Waals surface area (Å²) in [5, 5.41) is 11.2. The van der Waals surface area contributed by atoms with E-state index in [2.05, 4.69) is 11.8 Å². The molecule has 0 spiro atoms. The summed E-state index contributed by atoms with van der Waals surface area (Å²) in [5.74, 6) is 1.36. The molecule has 0 N–H and O–H groups in total. The second-order valence-electron chi connectivity index (χ2n) is 5.89. The van der Waals surface area contributed by atoms with E-state index in [0.717, 1.165) is 12.2 Å². The largest absolute Gasteiger partial charge is 0.362 e. The number of anilines is 1. The number of hydrogen-bond acceptors (Lipinski definition) is 3. The molecule has 0 aromatic heterocycles. The minimum absolute atomic E-state index is 0.251. The van der Waals surface area contributed by atoms with Crippen molar-refractivity contribution in [2.45, 2.75) is 38.6 Å². The summed E-state index contributed by atoms with van der Waals surface area (Å²) >= 11 is 0. The third-order valence-electron chi connectivity index (χ3n) is 4.79. The van der Waals surface area contributed by atoms with Crippen LogP contribution >= 0.6 is 0 Å². The van der Waals surface area contributed by atoms with Crippen LogP contribution < -0.4 is 4.90 Å². The highest BCUT2D eigenvalue weighted by Crippen LogP contribution is 2.44. The maximum atomic E-state index is 11.2. The van der Waals surface area contributed by atoms with Crippen molar-refractivity contribution >= 4 is 11.4 Å². The van der Waals surface area contributed by atoms with Crippen molar-refractivity contribution in [3.05, 3.63) is 34.4 Å². The first-order valence-electron chi connectivity index (χ1n) is 7.18. The van der Waals surface area contributed by atoms with E-state index < -0.39 is 0 Å². The quantitative estimate of drug-likeness (QED) is 0.603. The van der Waals surface area contributed by atoms with Crippen LogP contribution in [0.25, 0.3) is 0 Å². The lowest BCUT2D eigenvalue weighted by atomic mass is 9.80. The van der Waals surface area contributed by atoms with Gasteiger partial charge in [0.15, 0.2) is 0 Å². The van der Waals surface area contributed by atoms with Crippen LogP contribution in [0.3, 0.4) is 0 Å². The fourth-order valence-corrected chi connectivity index (χ4v) is 3.91. The molecule has 0 amide bonds. The number of hydrogen-bond donors (Lipinski definition) is 0. The van der Waals surface area contributed by atoms with Gasteiger partial charge in [0.2, 0.25) is 0 Å². The Labute approximate surface area is 113 Å². The van der Waals surface area contributed by atoms with Crippen molar-refractivity contribution in [3.63, 3.8) is 0 Å². The Balaban J connectivity index is 1.96. The van der Waals surface area contributed by atoms with Crippen molar-refractivity contribution in [2.24, 2.45) is 11.8 Å². The molecule has 0 radical (unpaired) electrons. The number of nitro groups is 1. The van der Waals surface area contributed by atoms with Gasteiger partial charge in [-0.3, -0.25) is 10.1 Å². The van der Waals surface area contributed by atoms with Gasteiger partial charge in [0.25, 0.3) is 5.69 Å². The Hall–Kier alpha value is -1.58. The molecule has 1 saturated heterocycles. The molecule has 2 fully saturated rings. The Morgan fingerprint density at radius 3 is 2.79 bits per heavy atom. The smallest absolute Gasteiger partial charge is 0.292 e. The SMILES string of the molecule is CC1CN(c2ccccc2[N+](=O)[O-])C2CCCCC12. The molecule has 19 heavy (non-hydrogen) atoms. The molecule has 1 aromatic rings. The highest BCUT2D eigenvalue weighted by molar-refractivity contribution is 5.64. The molecule has 4 nitrogen and oxygen atoms in total. The van der Waals surface area contributed by atoms with E-state index in [9.17, 15) is 10.1 Å². The molecule has 1 aliphatic heterocycles. The van der Waals surface area contributed by atoms with Crippen molar-refractivity contribution in [2.75, 3.05) is 11.4 Å². The Morgan fingerprint density at radius 1 is 1.26 bits per heavy atom. The molecule has 0 bridgehead atoms. The third kappa shape index (κ3) is 2.09. The molecule has 1 saturated carbocycles. The van der Waals surface area contributed by atoms with Gasteiger partial charge in [-0.2, -0.15) is 0 Å². The van der Waals surface area contributed by atoms with E-state index in [4.69, 9.17) is 0 Å². The maximum absolute atomic E-state index is 11.2. The molecular weight excluding hydrogens is 240 g/mol. The normalized spacial score (nSPS) is 30.2. The van der Waals surface area contributed by atoms with Crippen LogP contribution in [0.5, 0.6) is 0 Å². The van der Waals surface area contributed by atoms with Crippen LogP contribution in [-0.2, 0) is 0 Å². The predicted molar refractivity (Wildman–Crippen MR) is 75.4 cm³/mol. The van der Waals surface area contributed by atoms with Crippen molar-refractivity contribution in [1.82, 2.24) is 0 Å². The average Bonchev–Trinajstić information content (AvgIpc) is 2.77. The van der Waals surface area contributed by atoms with E-state index in [1.807, 2.05) is 12.1 Å². The van der Waals surface area contributed by atoms with Crippen molar-refractivity contribution in [3.8, 4) is 0 Å². The molecule has 102 valence electrons. The maximum Gasteiger partial charge on any atom is 0.292 e. The van der Waals surface area contributed by atoms with Gasteiger partial charge < -0.3 is 4.90 Å². The van der Waals surface area contributed by atoms with Gasteiger partial charge in [0.05, 0.1) is 4.92 Å². The number of rotatable bonds is 2. The summed E-state index contributed by atoms with van der Waals surface area (Å²) in [4.78, 5) is 13.2. The van der Waals surface area contributed by atoms with Gasteiger partial charge in [0, 0.05) is 18.7 Å². The Kier molecular flexibility index (Phi) is 3.17. The zero-order chi connectivity index (χ0) is 13.4. The van der Waals surface area contributed by atoms with E-state index in [1.54, 1.807) is 12.1 Å². The number of benzene rings is 1. The van der Waals surface area contributed by atoms with Crippen LogP contribution in [0.4, 0.5) is 11.4 Å². The first kappa shape index (κ1) is 12.5. The molecule has 1 aromatic carbocycles. The average molecular weight is 260 g/mol. The second-order valence-corrected chi connectivity index (χ2v) is 5.89. The molecule has 3 rings (SSSR count). The monoisotopic (exact) mass is 260 g/mol. The first-order valence-corrected chi connectivity index (χ1v) is 7.18. The molecule has 1 heterocycles. The zero-order valence-corrected chi connectivity index (χ0v) is 11.3. The zero-order valence-electron chi connectivity index (χ0n) is 11.3. The van der Waals surface area contributed by atoms with E-state index in [-0.39, 0.29) is 10.6 Å². The third-order valence-corrected chi connectivity index (χ3v) is 4.79. The van der Waals surface area contributed by atoms with Crippen LogP contribution in [0, 0.1) is 22.0 Å². The standard InChI is InChI=1S/C15H20N2O2/c1-11-10-16(13-7-3-2-6-12(11)13)14-8-4-5-9-15(14)17(18)19/h4-5,8-9,11-13H,2-3,6-7,10H2,1H3. The summed E-state index contributed by atoms with van der Waals surface area (Å²) < 4.78 is 0. The number of para-hydroxylation sites is 2. The summed E-state index contributed by atoms with van der Waals surface area (Å²) in [5.41, 5.74) is 1.06. The minimum Gasteiger partial charge on any atom is -0.362 e. The predicted octanol–water partition coefficient (Wildman–Crippen LogP) is 3.61. The van der Waals surface area contributed by atoms with Gasteiger partial charge in [-0.25, -0.2) is 0 Å². The number of nitrogens with zero attached hydrogens (tertiary/aromatic N) is 2. The number of fused-ring (bicyclic) bond motifs is 1. The Bertz CT molecular complexity index is 489. The van der Waals surface area contributed by atoms with Gasteiger partial charge in [-0.05, 0) is 30.7 Å². The molecule has 3 atom stereocenters. The summed E-state index contributed by atoms with van der Waals surface area (Å²) in [6.07, 6.45) is 5.03. The summed E-state index contributed by atoms with van der Waals surface area (Å²) in [7, 11) is 0. The van der Waals surface area contributed by atoms with Gasteiger partial charge in [-0.15, -0.1) is 0 Å². The molecule has 3 unspecified atom stereocenters. The minimum atomic E-state index is -0.254.